The molecular formula is C11H19N3O2S. The molecule has 1 aliphatic rings. The van der Waals surface area contributed by atoms with Gasteiger partial charge in [-0.05, 0) is 12.8 Å². The van der Waals surface area contributed by atoms with Crippen LogP contribution in [0.4, 0.5) is 0 Å². The second-order valence-electron chi connectivity index (χ2n) is 4.24. The highest BCUT2D eigenvalue weighted by Crippen LogP contribution is 2.17. The Kier molecular flexibility index (Phi) is 5.02. The zero-order valence-electron chi connectivity index (χ0n) is 10.2. The van der Waals surface area contributed by atoms with Crippen LogP contribution in [-0.4, -0.2) is 40.3 Å². The lowest BCUT2D eigenvalue weighted by atomic mass is 10.0. The van der Waals surface area contributed by atoms with Crippen LogP contribution in [0.15, 0.2) is 0 Å². The largest absolute Gasteiger partial charge is 0.393 e. The molecule has 2 atom stereocenters. The van der Waals surface area contributed by atoms with Crippen molar-refractivity contribution in [2.75, 3.05) is 6.54 Å². The molecule has 2 unspecified atom stereocenters. The molecule has 0 saturated carbocycles. The molecule has 3 N–H and O–H groups in total. The third-order valence-electron chi connectivity index (χ3n) is 3.06. The van der Waals surface area contributed by atoms with Gasteiger partial charge in [-0.15, -0.1) is 0 Å². The molecule has 96 valence electrons. The van der Waals surface area contributed by atoms with Crippen molar-refractivity contribution in [2.45, 2.75) is 45.2 Å². The topological polar surface area (TPSA) is 75.4 Å². The standard InChI is InChI=1S/C11H19N3O2S/c1-3-7(5-9(12)17)14-6-10(15)13-11(16)8(14)4-2/h7-8H,3-6H2,1-2H3,(H2,12,17)(H,13,15,16). The first-order chi connectivity index (χ1) is 7.99. The highest BCUT2D eigenvalue weighted by atomic mass is 32.1. The number of hydrogen-bond donors (Lipinski definition) is 2. The lowest BCUT2D eigenvalue weighted by Crippen LogP contribution is -2.60. The summed E-state index contributed by atoms with van der Waals surface area (Å²) in [4.78, 5) is 25.5. The van der Waals surface area contributed by atoms with Crippen LogP contribution in [0.3, 0.4) is 0 Å². The first kappa shape index (κ1) is 14.1. The fourth-order valence-corrected chi connectivity index (χ4v) is 2.41. The van der Waals surface area contributed by atoms with E-state index in [0.717, 1.165) is 6.42 Å². The van der Waals surface area contributed by atoms with Gasteiger partial charge in [0.2, 0.25) is 11.8 Å². The summed E-state index contributed by atoms with van der Waals surface area (Å²) >= 11 is 4.91. The van der Waals surface area contributed by atoms with Crippen LogP contribution in [0.5, 0.6) is 0 Å². The van der Waals surface area contributed by atoms with Gasteiger partial charge >= 0.3 is 0 Å². The van der Waals surface area contributed by atoms with E-state index in [1.54, 1.807) is 0 Å². The predicted molar refractivity (Wildman–Crippen MR) is 69.4 cm³/mol. The summed E-state index contributed by atoms with van der Waals surface area (Å²) in [5.74, 6) is -0.466. The zero-order valence-corrected chi connectivity index (χ0v) is 11.0. The Morgan fingerprint density at radius 3 is 2.71 bits per heavy atom. The third kappa shape index (κ3) is 3.47. The van der Waals surface area contributed by atoms with Crippen LogP contribution in [0.2, 0.25) is 0 Å². The molecule has 0 bridgehead atoms. The van der Waals surface area contributed by atoms with Crippen LogP contribution in [0.25, 0.3) is 0 Å². The summed E-state index contributed by atoms with van der Waals surface area (Å²) in [6.45, 7) is 4.18. The number of nitrogens with zero attached hydrogens (tertiary/aromatic N) is 1. The number of carbonyl (C=O) groups is 2. The number of hydrogen-bond acceptors (Lipinski definition) is 4. The van der Waals surface area contributed by atoms with Crippen LogP contribution < -0.4 is 11.1 Å². The number of rotatable bonds is 5. The fourth-order valence-electron chi connectivity index (χ4n) is 2.22. The van der Waals surface area contributed by atoms with E-state index >= 15 is 0 Å². The number of carbonyl (C=O) groups excluding carboxylic acids is 2. The smallest absolute Gasteiger partial charge is 0.243 e. The van der Waals surface area contributed by atoms with Gasteiger partial charge < -0.3 is 5.73 Å². The average molecular weight is 257 g/mol. The van der Waals surface area contributed by atoms with Crippen molar-refractivity contribution in [3.05, 3.63) is 0 Å². The Bertz CT molecular complexity index is 333. The summed E-state index contributed by atoms with van der Waals surface area (Å²) in [6, 6.07) is -0.195. The molecule has 1 rings (SSSR count). The minimum absolute atomic E-state index is 0.0625. The van der Waals surface area contributed by atoms with Crippen molar-refractivity contribution >= 4 is 29.0 Å². The minimum atomic E-state index is -0.257. The Morgan fingerprint density at radius 2 is 2.24 bits per heavy atom. The van der Waals surface area contributed by atoms with E-state index in [9.17, 15) is 9.59 Å². The van der Waals surface area contributed by atoms with Gasteiger partial charge in [-0.1, -0.05) is 26.1 Å². The zero-order chi connectivity index (χ0) is 13.0. The van der Waals surface area contributed by atoms with Crippen molar-refractivity contribution < 1.29 is 9.59 Å². The van der Waals surface area contributed by atoms with E-state index in [2.05, 4.69) is 5.32 Å². The van der Waals surface area contributed by atoms with Crippen LogP contribution >= 0.6 is 12.2 Å². The number of nitrogens with one attached hydrogen (secondary N) is 1. The molecule has 1 aliphatic heterocycles. The van der Waals surface area contributed by atoms with Crippen molar-refractivity contribution in [3.63, 3.8) is 0 Å². The monoisotopic (exact) mass is 257 g/mol. The van der Waals surface area contributed by atoms with E-state index in [1.807, 2.05) is 18.7 Å². The van der Waals surface area contributed by atoms with E-state index in [1.165, 1.54) is 0 Å². The minimum Gasteiger partial charge on any atom is -0.393 e. The maximum Gasteiger partial charge on any atom is 0.243 e. The fraction of sp³-hybridized carbons (Fsp3) is 0.727. The molecule has 0 aromatic heterocycles. The summed E-state index contributed by atoms with van der Waals surface area (Å²) in [7, 11) is 0. The van der Waals surface area contributed by atoms with Gasteiger partial charge in [0.15, 0.2) is 0 Å². The molecule has 0 aliphatic carbocycles. The first-order valence-electron chi connectivity index (χ1n) is 5.87. The molecule has 6 heteroatoms. The molecule has 2 amide bonds. The van der Waals surface area contributed by atoms with Gasteiger partial charge in [-0.25, -0.2) is 0 Å². The quantitative estimate of drug-likeness (QED) is 0.543. The molecule has 0 aromatic carbocycles. The number of amides is 2. The summed E-state index contributed by atoms with van der Waals surface area (Å²) in [5.41, 5.74) is 5.55. The Morgan fingerprint density at radius 1 is 1.59 bits per heavy atom. The Labute approximate surface area is 107 Å². The average Bonchev–Trinajstić information content (AvgIpc) is 2.24. The predicted octanol–water partition coefficient (Wildman–Crippen LogP) is 0.178. The second-order valence-corrected chi connectivity index (χ2v) is 4.77. The molecule has 5 nitrogen and oxygen atoms in total. The van der Waals surface area contributed by atoms with Crippen LogP contribution in [-0.2, 0) is 9.59 Å². The maximum absolute atomic E-state index is 11.7. The molecular weight excluding hydrogens is 238 g/mol. The lowest BCUT2D eigenvalue weighted by Gasteiger charge is -2.38. The SMILES string of the molecule is CCC(CC(N)=S)N1CC(=O)NC(=O)C1CC. The second kappa shape index (κ2) is 6.07. The number of piperazine rings is 1. The summed E-state index contributed by atoms with van der Waals surface area (Å²) < 4.78 is 0. The first-order valence-corrected chi connectivity index (χ1v) is 6.28. The van der Waals surface area contributed by atoms with E-state index in [4.69, 9.17) is 18.0 Å². The third-order valence-corrected chi connectivity index (χ3v) is 3.22. The number of imide groups is 1. The van der Waals surface area contributed by atoms with Gasteiger partial charge in [0.05, 0.1) is 17.6 Å². The molecule has 0 radical (unpaired) electrons. The van der Waals surface area contributed by atoms with Crippen molar-refractivity contribution in [1.82, 2.24) is 10.2 Å². The van der Waals surface area contributed by atoms with Gasteiger partial charge in [-0.3, -0.25) is 19.8 Å². The Hall–Kier alpha value is -1.01. The van der Waals surface area contributed by atoms with Crippen LogP contribution in [0, 0.1) is 0 Å². The molecule has 17 heavy (non-hydrogen) atoms. The lowest BCUT2D eigenvalue weighted by molar-refractivity contribution is -0.141. The van der Waals surface area contributed by atoms with E-state index < -0.39 is 0 Å². The van der Waals surface area contributed by atoms with Gasteiger partial charge in [0, 0.05) is 12.5 Å². The summed E-state index contributed by atoms with van der Waals surface area (Å²) in [6.07, 6.45) is 2.03. The maximum atomic E-state index is 11.7. The van der Waals surface area contributed by atoms with Gasteiger partial charge in [-0.2, -0.15) is 0 Å². The molecule has 0 aromatic rings. The summed E-state index contributed by atoms with van der Waals surface area (Å²) in [5, 5.41) is 2.36. The van der Waals surface area contributed by atoms with Crippen molar-refractivity contribution in [1.29, 1.82) is 0 Å². The van der Waals surface area contributed by atoms with Crippen molar-refractivity contribution in [3.8, 4) is 0 Å². The molecule has 1 saturated heterocycles. The van der Waals surface area contributed by atoms with E-state index in [-0.39, 0.29) is 30.4 Å². The Balaban J connectivity index is 2.85. The number of thiocarbonyl (C=S) groups is 1. The molecule has 1 heterocycles. The van der Waals surface area contributed by atoms with E-state index in [0.29, 0.717) is 17.8 Å². The molecule has 1 fully saturated rings. The normalized spacial score (nSPS) is 23.3. The van der Waals surface area contributed by atoms with Gasteiger partial charge in [0.25, 0.3) is 0 Å². The van der Waals surface area contributed by atoms with Crippen molar-refractivity contribution in [2.24, 2.45) is 5.73 Å². The molecule has 0 spiro atoms. The highest BCUT2D eigenvalue weighted by Gasteiger charge is 2.36. The number of nitrogens with two attached hydrogens (primary N) is 1. The van der Waals surface area contributed by atoms with Crippen LogP contribution in [0.1, 0.15) is 33.1 Å². The highest BCUT2D eigenvalue weighted by molar-refractivity contribution is 7.80. The van der Waals surface area contributed by atoms with Gasteiger partial charge in [0.1, 0.15) is 0 Å².